The van der Waals surface area contributed by atoms with Crippen LogP contribution < -0.4 is 15.0 Å². The van der Waals surface area contributed by atoms with Gasteiger partial charge in [0.15, 0.2) is 10.8 Å². The summed E-state index contributed by atoms with van der Waals surface area (Å²) in [5, 5.41) is 4.10. The number of hydrogen-bond donors (Lipinski definition) is 0. The van der Waals surface area contributed by atoms with Crippen LogP contribution in [-0.4, -0.2) is 28.0 Å². The van der Waals surface area contributed by atoms with Crippen molar-refractivity contribution in [3.05, 3.63) is 45.5 Å². The Morgan fingerprint density at radius 1 is 1.24 bits per heavy atom. The Morgan fingerprint density at radius 2 is 2.00 bits per heavy atom. The Bertz CT molecular complexity index is 757. The highest BCUT2D eigenvalue weighted by atomic mass is 35.5. The molecule has 25 heavy (non-hydrogen) atoms. The molecule has 0 atom stereocenters. The minimum absolute atomic E-state index is 0.0101. The third-order valence-corrected chi connectivity index (χ3v) is 3.59. The zero-order valence-corrected chi connectivity index (χ0v) is 15.2. The number of alkyl halides is 1. The molecular weight excluding hydrogens is 349 g/mol. The van der Waals surface area contributed by atoms with E-state index < -0.39 is 17.8 Å². The summed E-state index contributed by atoms with van der Waals surface area (Å²) in [5.41, 5.74) is -0.100. The van der Waals surface area contributed by atoms with Crippen molar-refractivity contribution in [1.29, 1.82) is 0 Å². The quantitative estimate of drug-likeness (QED) is 0.700. The molecule has 2 rings (SSSR count). The second kappa shape index (κ2) is 8.29. The molecule has 2 heterocycles. The third-order valence-electron chi connectivity index (χ3n) is 3.24. The summed E-state index contributed by atoms with van der Waals surface area (Å²) >= 11 is 6.10. The monoisotopic (exact) mass is 369 g/mol. The lowest BCUT2D eigenvalue weighted by Gasteiger charge is -2.21. The third kappa shape index (κ3) is 5.16. The summed E-state index contributed by atoms with van der Waals surface area (Å²) in [7, 11) is 0. The van der Waals surface area contributed by atoms with Crippen molar-refractivity contribution in [2.45, 2.75) is 39.3 Å². The molecule has 136 valence electrons. The van der Waals surface area contributed by atoms with Gasteiger partial charge in [-0.25, -0.2) is 9.67 Å². The van der Waals surface area contributed by atoms with Crippen LogP contribution in [0.15, 0.2) is 29.3 Å². The van der Waals surface area contributed by atoms with Gasteiger partial charge in [-0.05, 0) is 26.8 Å². The Morgan fingerprint density at radius 3 is 2.60 bits per heavy atom. The van der Waals surface area contributed by atoms with Crippen LogP contribution in [-0.2, 0) is 12.1 Å². The van der Waals surface area contributed by atoms with E-state index in [0.29, 0.717) is 12.3 Å². The normalized spacial score (nSPS) is 11.4. The summed E-state index contributed by atoms with van der Waals surface area (Å²) in [6, 6.07) is 3.45. The maximum Gasteiger partial charge on any atom is 0.289 e. The fourth-order valence-corrected chi connectivity index (χ4v) is 2.15. The molecule has 0 aliphatic rings. The predicted molar refractivity (Wildman–Crippen MR) is 93.2 cm³/mol. The minimum Gasteiger partial charge on any atom is -0.485 e. The van der Waals surface area contributed by atoms with Crippen molar-refractivity contribution in [3.63, 3.8) is 0 Å². The fourth-order valence-electron chi connectivity index (χ4n) is 1.97. The van der Waals surface area contributed by atoms with Crippen LogP contribution in [0.5, 0.6) is 11.6 Å². The van der Waals surface area contributed by atoms with Crippen molar-refractivity contribution < 1.29 is 13.9 Å². The molecule has 0 amide bonds. The average molecular weight is 370 g/mol. The fraction of sp³-hybridized carbons (Fsp3) is 0.471. The molecule has 0 saturated heterocycles. The zero-order valence-electron chi connectivity index (χ0n) is 14.5. The number of rotatable bonds is 7. The molecule has 0 aromatic carbocycles. The Hall–Kier alpha value is -2.15. The van der Waals surface area contributed by atoms with Crippen molar-refractivity contribution in [2.24, 2.45) is 0 Å². The minimum atomic E-state index is -0.471. The Labute approximate surface area is 150 Å². The number of nitrogens with zero attached hydrogens (tertiary/aromatic N) is 3. The first-order valence-corrected chi connectivity index (χ1v) is 8.25. The SMILES string of the molecule is CC(C)(C)n1ncc(OCc2ccc(OCCCF)nc2)c(Cl)c1=O. The molecule has 0 spiro atoms. The van der Waals surface area contributed by atoms with Gasteiger partial charge in [-0.1, -0.05) is 11.6 Å². The Kier molecular flexibility index (Phi) is 6.36. The molecule has 0 bridgehead atoms. The van der Waals surface area contributed by atoms with E-state index >= 15 is 0 Å². The van der Waals surface area contributed by atoms with E-state index in [9.17, 15) is 9.18 Å². The molecule has 0 aliphatic heterocycles. The van der Waals surface area contributed by atoms with Crippen molar-refractivity contribution in [3.8, 4) is 11.6 Å². The van der Waals surface area contributed by atoms with Gasteiger partial charge >= 0.3 is 0 Å². The molecule has 0 saturated carbocycles. The Balaban J connectivity index is 2.02. The average Bonchev–Trinajstić information content (AvgIpc) is 2.56. The van der Waals surface area contributed by atoms with E-state index in [0.717, 1.165) is 5.56 Å². The smallest absolute Gasteiger partial charge is 0.289 e. The highest BCUT2D eigenvalue weighted by Crippen LogP contribution is 2.22. The van der Waals surface area contributed by atoms with Gasteiger partial charge < -0.3 is 9.47 Å². The van der Waals surface area contributed by atoms with Crippen LogP contribution in [0, 0.1) is 0 Å². The van der Waals surface area contributed by atoms with E-state index in [1.54, 1.807) is 18.3 Å². The first kappa shape index (κ1) is 19.2. The lowest BCUT2D eigenvalue weighted by atomic mass is 10.1. The number of ether oxygens (including phenoxy) is 2. The molecule has 6 nitrogen and oxygen atoms in total. The van der Waals surface area contributed by atoms with Gasteiger partial charge in [0.25, 0.3) is 5.56 Å². The summed E-state index contributed by atoms with van der Waals surface area (Å²) in [6.07, 6.45) is 3.34. The van der Waals surface area contributed by atoms with Crippen LogP contribution in [0.3, 0.4) is 0 Å². The van der Waals surface area contributed by atoms with Crippen LogP contribution in [0.1, 0.15) is 32.8 Å². The van der Waals surface area contributed by atoms with Gasteiger partial charge in [0.1, 0.15) is 6.61 Å². The summed E-state index contributed by atoms with van der Waals surface area (Å²) < 4.78 is 24.2. The molecule has 0 unspecified atom stereocenters. The summed E-state index contributed by atoms with van der Waals surface area (Å²) in [4.78, 5) is 16.4. The first-order chi connectivity index (χ1) is 11.8. The van der Waals surface area contributed by atoms with Crippen LogP contribution in [0.4, 0.5) is 4.39 Å². The second-order valence-electron chi connectivity index (χ2n) is 6.39. The first-order valence-electron chi connectivity index (χ1n) is 7.87. The number of aromatic nitrogens is 3. The van der Waals surface area contributed by atoms with Gasteiger partial charge in [-0.15, -0.1) is 0 Å². The molecular formula is C17H21ClFN3O3. The molecule has 0 fully saturated rings. The molecule has 0 radical (unpaired) electrons. The maximum absolute atomic E-state index is 12.3. The molecule has 2 aromatic heterocycles. The van der Waals surface area contributed by atoms with Crippen molar-refractivity contribution in [1.82, 2.24) is 14.8 Å². The standard InChI is InChI=1S/C17H21ClFN3O3/c1-17(2,3)22-16(23)15(18)13(10-21-22)25-11-12-5-6-14(20-9-12)24-8-4-7-19/h5-6,9-10H,4,7-8,11H2,1-3H3. The van der Waals surface area contributed by atoms with Crippen molar-refractivity contribution in [2.75, 3.05) is 13.3 Å². The van der Waals surface area contributed by atoms with Gasteiger partial charge in [0, 0.05) is 24.2 Å². The highest BCUT2D eigenvalue weighted by Gasteiger charge is 2.19. The molecule has 2 aromatic rings. The molecule has 8 heteroatoms. The predicted octanol–water partition coefficient (Wildman–Crippen LogP) is 3.36. The van der Waals surface area contributed by atoms with Crippen molar-refractivity contribution >= 4 is 11.6 Å². The van der Waals surface area contributed by atoms with Gasteiger partial charge in [-0.3, -0.25) is 9.18 Å². The lowest BCUT2D eigenvalue weighted by molar-refractivity contribution is 0.277. The lowest BCUT2D eigenvalue weighted by Crippen LogP contribution is -2.36. The topological polar surface area (TPSA) is 66.2 Å². The van der Waals surface area contributed by atoms with E-state index in [2.05, 4.69) is 10.1 Å². The van der Waals surface area contributed by atoms with Gasteiger partial charge in [0.05, 0.1) is 25.0 Å². The largest absolute Gasteiger partial charge is 0.485 e. The highest BCUT2D eigenvalue weighted by molar-refractivity contribution is 6.31. The molecule has 0 aliphatic carbocycles. The van der Waals surface area contributed by atoms with Crippen LogP contribution in [0.25, 0.3) is 0 Å². The van der Waals surface area contributed by atoms with E-state index in [4.69, 9.17) is 21.1 Å². The van der Waals surface area contributed by atoms with Gasteiger partial charge in [-0.2, -0.15) is 5.10 Å². The van der Waals surface area contributed by atoms with E-state index in [1.807, 2.05) is 20.8 Å². The molecule has 0 N–H and O–H groups in total. The maximum atomic E-state index is 12.3. The number of hydrogen-bond acceptors (Lipinski definition) is 5. The summed E-state index contributed by atoms with van der Waals surface area (Å²) in [6.45, 7) is 5.63. The van der Waals surface area contributed by atoms with Gasteiger partial charge in [0.2, 0.25) is 5.88 Å². The number of halogens is 2. The van der Waals surface area contributed by atoms with Crippen LogP contribution in [0.2, 0.25) is 5.02 Å². The second-order valence-corrected chi connectivity index (χ2v) is 6.77. The van der Waals surface area contributed by atoms with E-state index in [-0.39, 0.29) is 24.0 Å². The zero-order chi connectivity index (χ0) is 18.4. The van der Waals surface area contributed by atoms with E-state index in [1.165, 1.54) is 10.9 Å². The summed E-state index contributed by atoms with van der Waals surface area (Å²) in [5.74, 6) is 0.639. The number of pyridine rings is 1. The van der Waals surface area contributed by atoms with Crippen LogP contribution >= 0.6 is 11.6 Å².